The van der Waals surface area contributed by atoms with Gasteiger partial charge >= 0.3 is 0 Å². The van der Waals surface area contributed by atoms with Crippen molar-refractivity contribution in [2.45, 2.75) is 38.5 Å². The third-order valence-corrected chi connectivity index (χ3v) is 3.10. The van der Waals surface area contributed by atoms with E-state index < -0.39 is 0 Å². The van der Waals surface area contributed by atoms with Crippen LogP contribution in [-0.2, 0) is 9.59 Å². The van der Waals surface area contributed by atoms with E-state index in [1.165, 1.54) is 19.3 Å². The maximum atomic E-state index is 11.4. The third-order valence-electron chi connectivity index (χ3n) is 3.10. The molecule has 3 heteroatoms. The first-order valence-electron chi connectivity index (χ1n) is 5.55. The minimum absolute atomic E-state index is 0.0389. The van der Waals surface area contributed by atoms with E-state index in [0.29, 0.717) is 13.0 Å². The average Bonchev–Trinajstić information content (AvgIpc) is 2.92. The minimum atomic E-state index is 0.0389. The molecule has 1 heterocycles. The van der Waals surface area contributed by atoms with Crippen LogP contribution in [0.15, 0.2) is 0 Å². The van der Waals surface area contributed by atoms with Crippen molar-refractivity contribution in [3.63, 3.8) is 0 Å². The molecule has 0 radical (unpaired) electrons. The molecule has 0 aromatic rings. The summed E-state index contributed by atoms with van der Waals surface area (Å²) in [5.74, 6) is 1.09. The Balaban J connectivity index is 1.68. The van der Waals surface area contributed by atoms with Crippen LogP contribution in [-0.4, -0.2) is 29.7 Å². The minimum Gasteiger partial charge on any atom is -0.342 e. The molecule has 1 saturated heterocycles. The number of Topliss-reactive ketones (excluding diaryl/α,β-unsaturated/α-hetero) is 1. The molecule has 0 bridgehead atoms. The average molecular weight is 195 g/mol. The number of hydrogen-bond donors (Lipinski definition) is 0. The quantitative estimate of drug-likeness (QED) is 0.635. The van der Waals surface area contributed by atoms with Crippen LogP contribution in [0.1, 0.15) is 38.5 Å². The van der Waals surface area contributed by atoms with Gasteiger partial charge in [0.25, 0.3) is 0 Å². The van der Waals surface area contributed by atoms with Crippen LogP contribution in [0.4, 0.5) is 0 Å². The lowest BCUT2D eigenvalue weighted by Crippen LogP contribution is -2.39. The van der Waals surface area contributed by atoms with E-state index in [0.717, 1.165) is 18.9 Å². The molecule has 1 aliphatic heterocycles. The van der Waals surface area contributed by atoms with Gasteiger partial charge in [0.1, 0.15) is 5.78 Å². The van der Waals surface area contributed by atoms with Gasteiger partial charge in [0.05, 0.1) is 6.42 Å². The molecular formula is C11H17NO2. The van der Waals surface area contributed by atoms with E-state index in [9.17, 15) is 9.59 Å². The van der Waals surface area contributed by atoms with Crippen molar-refractivity contribution < 1.29 is 9.59 Å². The first-order chi connectivity index (χ1) is 6.75. The molecule has 0 N–H and O–H groups in total. The highest BCUT2D eigenvalue weighted by Crippen LogP contribution is 2.33. The zero-order valence-electron chi connectivity index (χ0n) is 8.50. The second kappa shape index (κ2) is 4.11. The number of piperidine rings is 1. The van der Waals surface area contributed by atoms with Crippen LogP contribution >= 0.6 is 0 Å². The Hall–Kier alpha value is -0.860. The molecule has 0 aromatic heterocycles. The first kappa shape index (κ1) is 9.69. The van der Waals surface area contributed by atoms with Crippen molar-refractivity contribution in [1.82, 2.24) is 4.90 Å². The van der Waals surface area contributed by atoms with Gasteiger partial charge in [-0.05, 0) is 18.8 Å². The second-order valence-electron chi connectivity index (χ2n) is 4.43. The Bertz CT molecular complexity index is 246. The fraction of sp³-hybridized carbons (Fsp3) is 0.818. The van der Waals surface area contributed by atoms with E-state index in [-0.39, 0.29) is 18.1 Å². The van der Waals surface area contributed by atoms with Gasteiger partial charge in [0, 0.05) is 19.5 Å². The van der Waals surface area contributed by atoms with Gasteiger partial charge in [-0.2, -0.15) is 0 Å². The van der Waals surface area contributed by atoms with Crippen molar-refractivity contribution in [2.24, 2.45) is 5.92 Å². The maximum Gasteiger partial charge on any atom is 0.230 e. The fourth-order valence-corrected chi connectivity index (χ4v) is 1.97. The molecule has 1 aliphatic carbocycles. The number of carbonyl (C=O) groups excluding carboxylic acids is 2. The van der Waals surface area contributed by atoms with Gasteiger partial charge in [-0.25, -0.2) is 0 Å². The predicted octanol–water partition coefficient (Wildman–Crippen LogP) is 1.37. The van der Waals surface area contributed by atoms with E-state index in [1.54, 1.807) is 0 Å². The molecule has 1 saturated carbocycles. The summed E-state index contributed by atoms with van der Waals surface area (Å²) >= 11 is 0. The lowest BCUT2D eigenvalue weighted by atomic mass is 10.1. The fourth-order valence-electron chi connectivity index (χ4n) is 1.97. The van der Waals surface area contributed by atoms with Gasteiger partial charge in [-0.15, -0.1) is 0 Å². The number of nitrogens with zero attached hydrogens (tertiary/aromatic N) is 1. The summed E-state index contributed by atoms with van der Waals surface area (Å²) < 4.78 is 0. The Morgan fingerprint density at radius 2 is 2.07 bits per heavy atom. The van der Waals surface area contributed by atoms with Crippen molar-refractivity contribution in [3.8, 4) is 0 Å². The Morgan fingerprint density at radius 3 is 2.71 bits per heavy atom. The summed E-state index contributed by atoms with van der Waals surface area (Å²) in [4.78, 5) is 24.2. The van der Waals surface area contributed by atoms with Crippen molar-refractivity contribution in [3.05, 3.63) is 0 Å². The summed E-state index contributed by atoms with van der Waals surface area (Å²) in [7, 11) is 0. The van der Waals surface area contributed by atoms with Gasteiger partial charge in [0.2, 0.25) is 5.91 Å². The van der Waals surface area contributed by atoms with Crippen molar-refractivity contribution in [2.75, 3.05) is 13.1 Å². The number of likely N-dealkylation sites (tertiary alicyclic amines) is 1. The van der Waals surface area contributed by atoms with Crippen molar-refractivity contribution in [1.29, 1.82) is 0 Å². The third kappa shape index (κ3) is 2.56. The normalized spacial score (nSPS) is 23.0. The topological polar surface area (TPSA) is 37.4 Å². The van der Waals surface area contributed by atoms with Crippen LogP contribution in [0.2, 0.25) is 0 Å². The highest BCUT2D eigenvalue weighted by Gasteiger charge is 2.25. The van der Waals surface area contributed by atoms with Gasteiger partial charge in [-0.1, -0.05) is 12.8 Å². The number of hydrogen-bond acceptors (Lipinski definition) is 2. The second-order valence-corrected chi connectivity index (χ2v) is 4.43. The van der Waals surface area contributed by atoms with Crippen LogP contribution in [0, 0.1) is 5.92 Å². The molecule has 0 aromatic carbocycles. The lowest BCUT2D eigenvalue weighted by molar-refractivity contribution is -0.139. The largest absolute Gasteiger partial charge is 0.342 e. The number of carbonyl (C=O) groups is 2. The van der Waals surface area contributed by atoms with Gasteiger partial charge < -0.3 is 4.90 Å². The molecule has 2 aliphatic rings. The predicted molar refractivity (Wildman–Crippen MR) is 52.8 cm³/mol. The Labute approximate surface area is 84.5 Å². The summed E-state index contributed by atoms with van der Waals surface area (Å²) in [5.41, 5.74) is 0. The number of amides is 1. The highest BCUT2D eigenvalue weighted by molar-refractivity contribution is 6.00. The van der Waals surface area contributed by atoms with Gasteiger partial charge in [-0.3, -0.25) is 9.59 Å². The molecule has 2 fully saturated rings. The summed E-state index contributed by atoms with van der Waals surface area (Å²) in [6, 6.07) is 0. The Kier molecular flexibility index (Phi) is 2.85. The van der Waals surface area contributed by atoms with E-state index in [1.807, 2.05) is 4.90 Å². The van der Waals surface area contributed by atoms with Gasteiger partial charge in [0.15, 0.2) is 0 Å². The number of ketones is 1. The van der Waals surface area contributed by atoms with Crippen LogP contribution in [0.25, 0.3) is 0 Å². The maximum absolute atomic E-state index is 11.4. The zero-order chi connectivity index (χ0) is 9.97. The smallest absolute Gasteiger partial charge is 0.230 e. The SMILES string of the molecule is O=C1CCN(CCCC2CC2)C(=O)C1. The molecule has 78 valence electrons. The molecule has 14 heavy (non-hydrogen) atoms. The summed E-state index contributed by atoms with van der Waals surface area (Å²) in [6.45, 7) is 1.52. The standard InChI is InChI=1S/C11H17NO2/c13-10-5-7-12(11(14)8-10)6-1-2-9-3-4-9/h9H,1-8H2. The lowest BCUT2D eigenvalue weighted by Gasteiger charge is -2.25. The summed E-state index contributed by atoms with van der Waals surface area (Å²) in [5, 5.41) is 0. The first-order valence-corrected chi connectivity index (χ1v) is 5.55. The molecule has 1 amide bonds. The zero-order valence-corrected chi connectivity index (χ0v) is 8.50. The summed E-state index contributed by atoms with van der Waals surface area (Å²) in [6.07, 6.45) is 5.85. The number of rotatable bonds is 4. The molecule has 2 rings (SSSR count). The van der Waals surface area contributed by atoms with Crippen LogP contribution in [0.3, 0.4) is 0 Å². The van der Waals surface area contributed by atoms with E-state index in [4.69, 9.17) is 0 Å². The molecular weight excluding hydrogens is 178 g/mol. The van der Waals surface area contributed by atoms with Crippen LogP contribution in [0.5, 0.6) is 0 Å². The van der Waals surface area contributed by atoms with E-state index >= 15 is 0 Å². The van der Waals surface area contributed by atoms with Crippen molar-refractivity contribution >= 4 is 11.7 Å². The van der Waals surface area contributed by atoms with Crippen LogP contribution < -0.4 is 0 Å². The highest BCUT2D eigenvalue weighted by atomic mass is 16.2. The molecule has 3 nitrogen and oxygen atoms in total. The monoisotopic (exact) mass is 195 g/mol. The van der Waals surface area contributed by atoms with E-state index in [2.05, 4.69) is 0 Å². The molecule has 0 unspecified atom stereocenters. The molecule has 0 atom stereocenters. The molecule has 0 spiro atoms. The Morgan fingerprint density at radius 1 is 1.29 bits per heavy atom.